The van der Waals surface area contributed by atoms with Crippen LogP contribution in [0.15, 0.2) is 0 Å². The number of nitrogens with zero attached hydrogens (tertiary/aromatic N) is 3. The van der Waals surface area contributed by atoms with Crippen molar-refractivity contribution in [1.82, 2.24) is 4.90 Å². The highest BCUT2D eigenvalue weighted by atomic mass is 32.1. The molecule has 0 bridgehead atoms. The minimum absolute atomic E-state index is 0.0802. The lowest BCUT2D eigenvalue weighted by Crippen LogP contribution is -2.45. The largest absolute Gasteiger partial charge is 0.396 e. The number of thiophene rings is 1. The van der Waals surface area contributed by atoms with Crippen LogP contribution >= 0.6 is 11.3 Å². The molecule has 1 saturated heterocycles. The lowest BCUT2D eigenvalue weighted by Gasteiger charge is -2.36. The van der Waals surface area contributed by atoms with Gasteiger partial charge in [0.2, 0.25) is 0 Å². The van der Waals surface area contributed by atoms with Gasteiger partial charge in [-0.25, -0.2) is 0 Å². The van der Waals surface area contributed by atoms with Gasteiger partial charge in [-0.05, 0) is 13.8 Å². The standard InChI is InChI=1S/C14H20N4O2S/c1-8-6-18(7-9(2)20-8)14-10(5-15)11(16)12(21-14)13(19)17(3)4/h8-9H,6-7,16H2,1-4H3. The SMILES string of the molecule is CC1CN(c2sc(C(=O)N(C)C)c(N)c2C#N)CC(C)O1. The molecule has 7 heteroatoms. The normalized spacial score (nSPS) is 22.0. The summed E-state index contributed by atoms with van der Waals surface area (Å²) in [4.78, 5) is 16.1. The zero-order chi connectivity index (χ0) is 15.7. The van der Waals surface area contributed by atoms with Crippen LogP contribution in [0.4, 0.5) is 10.7 Å². The molecule has 2 N–H and O–H groups in total. The maximum Gasteiger partial charge on any atom is 0.265 e. The average molecular weight is 308 g/mol. The number of rotatable bonds is 2. The molecule has 1 aliphatic heterocycles. The molecule has 0 radical (unpaired) electrons. The van der Waals surface area contributed by atoms with Gasteiger partial charge in [-0.15, -0.1) is 11.3 Å². The first-order valence-electron chi connectivity index (χ1n) is 6.79. The summed E-state index contributed by atoms with van der Waals surface area (Å²) in [6.45, 7) is 5.37. The molecule has 0 spiro atoms. The van der Waals surface area contributed by atoms with Crippen LogP contribution in [0.5, 0.6) is 0 Å². The number of carbonyl (C=O) groups excluding carboxylic acids is 1. The summed E-state index contributed by atoms with van der Waals surface area (Å²) in [6, 6.07) is 2.14. The molecule has 0 saturated carbocycles. The van der Waals surface area contributed by atoms with Crippen molar-refractivity contribution in [2.24, 2.45) is 0 Å². The molecular formula is C14H20N4O2S. The zero-order valence-corrected chi connectivity index (χ0v) is 13.5. The van der Waals surface area contributed by atoms with Gasteiger partial charge in [0.25, 0.3) is 5.91 Å². The fraction of sp³-hybridized carbons (Fsp3) is 0.571. The average Bonchev–Trinajstić information content (AvgIpc) is 2.73. The number of hydrogen-bond acceptors (Lipinski definition) is 6. The highest BCUT2D eigenvalue weighted by Crippen LogP contribution is 2.39. The van der Waals surface area contributed by atoms with Gasteiger partial charge in [-0.1, -0.05) is 0 Å². The molecule has 2 atom stereocenters. The van der Waals surface area contributed by atoms with Gasteiger partial charge in [-0.3, -0.25) is 4.79 Å². The number of nitriles is 1. The molecule has 2 unspecified atom stereocenters. The molecule has 1 fully saturated rings. The summed E-state index contributed by atoms with van der Waals surface area (Å²) in [5.74, 6) is -0.172. The number of ether oxygens (including phenoxy) is 1. The summed E-state index contributed by atoms with van der Waals surface area (Å²) >= 11 is 1.29. The van der Waals surface area contributed by atoms with E-state index in [-0.39, 0.29) is 23.8 Å². The van der Waals surface area contributed by atoms with Crippen LogP contribution < -0.4 is 10.6 Å². The predicted molar refractivity (Wildman–Crippen MR) is 83.7 cm³/mol. The van der Waals surface area contributed by atoms with Crippen LogP contribution in [0.25, 0.3) is 0 Å². The van der Waals surface area contributed by atoms with Crippen molar-refractivity contribution < 1.29 is 9.53 Å². The fourth-order valence-corrected chi connectivity index (χ4v) is 3.68. The number of nitrogen functional groups attached to an aromatic ring is 1. The van der Waals surface area contributed by atoms with Gasteiger partial charge in [-0.2, -0.15) is 5.26 Å². The summed E-state index contributed by atoms with van der Waals surface area (Å²) < 4.78 is 5.71. The van der Waals surface area contributed by atoms with Crippen molar-refractivity contribution >= 4 is 27.9 Å². The van der Waals surface area contributed by atoms with Crippen LogP contribution in [-0.4, -0.2) is 50.2 Å². The van der Waals surface area contributed by atoms with E-state index in [1.165, 1.54) is 16.2 Å². The second-order valence-electron chi connectivity index (χ2n) is 5.50. The maximum absolute atomic E-state index is 12.2. The van der Waals surface area contributed by atoms with Crippen LogP contribution in [-0.2, 0) is 4.74 Å². The zero-order valence-electron chi connectivity index (χ0n) is 12.7. The Morgan fingerprint density at radius 1 is 1.43 bits per heavy atom. The Balaban J connectivity index is 2.42. The number of morpholine rings is 1. The second-order valence-corrected chi connectivity index (χ2v) is 6.50. The maximum atomic E-state index is 12.2. The lowest BCUT2D eigenvalue weighted by molar-refractivity contribution is -0.00501. The smallest absolute Gasteiger partial charge is 0.265 e. The Bertz CT molecular complexity index is 581. The van der Waals surface area contributed by atoms with E-state index in [9.17, 15) is 10.1 Å². The Kier molecular flexibility index (Phi) is 4.40. The third kappa shape index (κ3) is 2.96. The summed E-state index contributed by atoms with van der Waals surface area (Å²) in [7, 11) is 3.35. The molecule has 1 aromatic heterocycles. The van der Waals surface area contributed by atoms with Crippen LogP contribution in [0.2, 0.25) is 0 Å². The summed E-state index contributed by atoms with van der Waals surface area (Å²) in [5.41, 5.74) is 6.69. The van der Waals surface area contributed by atoms with Crippen molar-refractivity contribution in [3.05, 3.63) is 10.4 Å². The van der Waals surface area contributed by atoms with Gasteiger partial charge in [0.1, 0.15) is 21.5 Å². The van der Waals surface area contributed by atoms with Crippen molar-refractivity contribution in [3.63, 3.8) is 0 Å². The van der Waals surface area contributed by atoms with Crippen molar-refractivity contribution in [1.29, 1.82) is 5.26 Å². The molecule has 0 aromatic carbocycles. The summed E-state index contributed by atoms with van der Waals surface area (Å²) in [5, 5.41) is 10.2. The number of carbonyl (C=O) groups is 1. The molecule has 21 heavy (non-hydrogen) atoms. The van der Waals surface area contributed by atoms with Gasteiger partial charge in [0, 0.05) is 27.2 Å². The van der Waals surface area contributed by atoms with Gasteiger partial charge >= 0.3 is 0 Å². The summed E-state index contributed by atoms with van der Waals surface area (Å²) in [6.07, 6.45) is 0.160. The minimum atomic E-state index is -0.172. The molecule has 0 aliphatic carbocycles. The predicted octanol–water partition coefficient (Wildman–Crippen LogP) is 1.52. The number of hydrogen-bond donors (Lipinski definition) is 1. The van der Waals surface area contributed by atoms with Crippen molar-refractivity contribution in [3.8, 4) is 6.07 Å². The van der Waals surface area contributed by atoms with Gasteiger partial charge < -0.3 is 20.3 Å². The fourth-order valence-electron chi connectivity index (χ4n) is 2.47. The molecule has 2 heterocycles. The molecule has 2 rings (SSSR count). The van der Waals surface area contributed by atoms with Crippen LogP contribution in [0.1, 0.15) is 29.1 Å². The van der Waals surface area contributed by atoms with E-state index in [2.05, 4.69) is 11.0 Å². The van der Waals surface area contributed by atoms with E-state index < -0.39 is 0 Å². The van der Waals surface area contributed by atoms with E-state index in [0.717, 1.165) is 5.00 Å². The molecule has 6 nitrogen and oxygen atoms in total. The third-order valence-corrected chi connectivity index (χ3v) is 4.60. The van der Waals surface area contributed by atoms with Gasteiger partial charge in [0.05, 0.1) is 17.9 Å². The quantitative estimate of drug-likeness (QED) is 0.895. The van der Waals surface area contributed by atoms with E-state index in [1.807, 2.05) is 13.8 Å². The van der Waals surface area contributed by atoms with E-state index in [0.29, 0.717) is 23.5 Å². The van der Waals surface area contributed by atoms with Crippen molar-refractivity contribution in [2.75, 3.05) is 37.8 Å². The molecule has 1 aliphatic rings. The lowest BCUT2D eigenvalue weighted by atomic mass is 10.2. The monoisotopic (exact) mass is 308 g/mol. The van der Waals surface area contributed by atoms with E-state index >= 15 is 0 Å². The first-order valence-corrected chi connectivity index (χ1v) is 7.61. The Labute approximate surface area is 128 Å². The molecule has 1 aromatic rings. The van der Waals surface area contributed by atoms with Crippen molar-refractivity contribution in [2.45, 2.75) is 26.1 Å². The topological polar surface area (TPSA) is 82.6 Å². The molecule has 1 amide bonds. The van der Waals surface area contributed by atoms with E-state index in [1.54, 1.807) is 14.1 Å². The third-order valence-electron chi connectivity index (χ3n) is 3.35. The first-order chi connectivity index (χ1) is 9.85. The second kappa shape index (κ2) is 5.92. The Morgan fingerprint density at radius 3 is 2.48 bits per heavy atom. The number of anilines is 2. The minimum Gasteiger partial charge on any atom is -0.396 e. The Hall–Kier alpha value is -1.78. The highest BCUT2D eigenvalue weighted by molar-refractivity contribution is 7.19. The van der Waals surface area contributed by atoms with E-state index in [4.69, 9.17) is 10.5 Å². The molecular weight excluding hydrogens is 288 g/mol. The van der Waals surface area contributed by atoms with Gasteiger partial charge in [0.15, 0.2) is 0 Å². The number of nitrogens with two attached hydrogens (primary N) is 1. The highest BCUT2D eigenvalue weighted by Gasteiger charge is 2.29. The number of amides is 1. The Morgan fingerprint density at radius 2 is 2.00 bits per heavy atom. The van der Waals surface area contributed by atoms with Crippen LogP contribution in [0, 0.1) is 11.3 Å². The van der Waals surface area contributed by atoms with Crippen LogP contribution in [0.3, 0.4) is 0 Å². The first kappa shape index (κ1) is 15.6. The molecule has 114 valence electrons.